The maximum atomic E-state index is 10.5. The van der Waals surface area contributed by atoms with Gasteiger partial charge in [0.2, 0.25) is 0 Å². The van der Waals surface area contributed by atoms with Gasteiger partial charge in [0.15, 0.2) is 0 Å². The highest BCUT2D eigenvalue weighted by Gasteiger charge is 2.08. The van der Waals surface area contributed by atoms with E-state index >= 15 is 0 Å². The Morgan fingerprint density at radius 2 is 2.25 bits per heavy atom. The third-order valence-electron chi connectivity index (χ3n) is 2.29. The normalized spacial score (nSPS) is 10.5. The molecule has 0 saturated carbocycles. The van der Waals surface area contributed by atoms with Crippen LogP contribution in [-0.4, -0.2) is 16.5 Å². The lowest BCUT2D eigenvalue weighted by molar-refractivity contribution is -0.385. The minimum absolute atomic E-state index is 0.0342. The number of nitro groups is 1. The minimum atomic E-state index is -0.433. The van der Waals surface area contributed by atoms with Crippen molar-refractivity contribution in [3.8, 4) is 0 Å². The van der Waals surface area contributed by atoms with Crippen LogP contribution in [0.1, 0.15) is 25.8 Å². The van der Waals surface area contributed by atoms with Crippen molar-refractivity contribution in [1.82, 2.24) is 4.98 Å². The summed E-state index contributed by atoms with van der Waals surface area (Å²) in [6, 6.07) is 1.53. The Hall–Kier alpha value is -1.65. The van der Waals surface area contributed by atoms with Gasteiger partial charge in [0.25, 0.3) is 5.69 Å². The van der Waals surface area contributed by atoms with Crippen molar-refractivity contribution >= 4 is 11.5 Å². The molecule has 0 radical (unpaired) electrons. The van der Waals surface area contributed by atoms with Crippen molar-refractivity contribution in [1.29, 1.82) is 0 Å². The monoisotopic (exact) mass is 223 g/mol. The number of pyridine rings is 1. The molecule has 0 saturated heterocycles. The highest BCUT2D eigenvalue weighted by molar-refractivity contribution is 5.48. The molecule has 1 aromatic heterocycles. The van der Waals surface area contributed by atoms with Gasteiger partial charge in [-0.25, -0.2) is 4.98 Å². The zero-order valence-electron chi connectivity index (χ0n) is 9.86. The molecule has 0 aliphatic rings. The van der Waals surface area contributed by atoms with Crippen LogP contribution in [-0.2, 0) is 0 Å². The predicted molar refractivity (Wildman–Crippen MR) is 63.6 cm³/mol. The number of nitrogens with zero attached hydrogens (tertiary/aromatic N) is 2. The van der Waals surface area contributed by atoms with E-state index in [1.54, 1.807) is 0 Å². The lowest BCUT2D eigenvalue weighted by Gasteiger charge is -2.09. The Labute approximate surface area is 95.0 Å². The number of rotatable bonds is 5. The zero-order chi connectivity index (χ0) is 12.1. The molecular weight excluding hydrogens is 206 g/mol. The van der Waals surface area contributed by atoms with E-state index in [4.69, 9.17) is 0 Å². The summed E-state index contributed by atoms with van der Waals surface area (Å²) in [6.07, 6.45) is 2.34. The molecular formula is C11H17N3O2. The maximum Gasteiger partial charge on any atom is 0.287 e. The smallest absolute Gasteiger partial charge is 0.287 e. The Balaban J connectivity index is 2.64. The Morgan fingerprint density at radius 1 is 1.56 bits per heavy atom. The minimum Gasteiger partial charge on any atom is -0.370 e. The number of aryl methyl sites for hydroxylation is 1. The molecule has 1 aromatic rings. The summed E-state index contributed by atoms with van der Waals surface area (Å²) >= 11 is 0. The lowest BCUT2D eigenvalue weighted by Crippen LogP contribution is -2.07. The Kier molecular flexibility index (Phi) is 4.22. The summed E-state index contributed by atoms with van der Waals surface area (Å²) in [5.41, 5.74) is 0.838. The van der Waals surface area contributed by atoms with Gasteiger partial charge in [-0.1, -0.05) is 13.8 Å². The fourth-order valence-corrected chi connectivity index (χ4v) is 1.32. The standard InChI is InChI=1S/C11H17N3O2/c1-8(2)4-5-12-11-9(3)6-10(7-13-11)14(15)16/h6-8H,4-5H2,1-3H3,(H,12,13). The number of hydrogen-bond acceptors (Lipinski definition) is 4. The highest BCUT2D eigenvalue weighted by Crippen LogP contribution is 2.17. The summed E-state index contributed by atoms with van der Waals surface area (Å²) in [5.74, 6) is 1.36. The predicted octanol–water partition coefficient (Wildman–Crippen LogP) is 2.76. The van der Waals surface area contributed by atoms with Crippen LogP contribution in [0.3, 0.4) is 0 Å². The first-order chi connectivity index (χ1) is 7.50. The summed E-state index contributed by atoms with van der Waals surface area (Å²) < 4.78 is 0. The molecule has 1 rings (SSSR count). The second-order valence-electron chi connectivity index (χ2n) is 4.23. The molecule has 1 heterocycles. The molecule has 88 valence electrons. The van der Waals surface area contributed by atoms with E-state index in [1.165, 1.54) is 12.3 Å². The second kappa shape index (κ2) is 5.44. The summed E-state index contributed by atoms with van der Waals surface area (Å²) in [7, 11) is 0. The van der Waals surface area contributed by atoms with Crippen molar-refractivity contribution in [2.45, 2.75) is 27.2 Å². The van der Waals surface area contributed by atoms with Gasteiger partial charge in [-0.15, -0.1) is 0 Å². The third-order valence-corrected chi connectivity index (χ3v) is 2.29. The first kappa shape index (κ1) is 12.4. The van der Waals surface area contributed by atoms with Gasteiger partial charge < -0.3 is 5.32 Å². The van der Waals surface area contributed by atoms with E-state index in [-0.39, 0.29) is 5.69 Å². The maximum absolute atomic E-state index is 10.5. The van der Waals surface area contributed by atoms with E-state index in [1.807, 2.05) is 6.92 Å². The quantitative estimate of drug-likeness (QED) is 0.615. The molecule has 0 aliphatic carbocycles. The van der Waals surface area contributed by atoms with Crippen LogP contribution in [0.4, 0.5) is 11.5 Å². The lowest BCUT2D eigenvalue weighted by atomic mass is 10.1. The van der Waals surface area contributed by atoms with Crippen LogP contribution >= 0.6 is 0 Å². The number of aromatic nitrogens is 1. The molecule has 0 amide bonds. The number of hydrogen-bond donors (Lipinski definition) is 1. The molecule has 5 heteroatoms. The van der Waals surface area contributed by atoms with Gasteiger partial charge in [0, 0.05) is 12.6 Å². The van der Waals surface area contributed by atoms with Crippen LogP contribution in [0.25, 0.3) is 0 Å². The van der Waals surface area contributed by atoms with Crippen LogP contribution < -0.4 is 5.32 Å². The average molecular weight is 223 g/mol. The van der Waals surface area contributed by atoms with Gasteiger partial charge in [-0.2, -0.15) is 0 Å². The van der Waals surface area contributed by atoms with Crippen molar-refractivity contribution in [2.24, 2.45) is 5.92 Å². The molecule has 0 fully saturated rings. The molecule has 1 N–H and O–H groups in total. The van der Waals surface area contributed by atoms with Crippen molar-refractivity contribution in [3.63, 3.8) is 0 Å². The van der Waals surface area contributed by atoms with E-state index in [0.717, 1.165) is 24.3 Å². The van der Waals surface area contributed by atoms with E-state index in [0.29, 0.717) is 5.92 Å². The van der Waals surface area contributed by atoms with E-state index < -0.39 is 4.92 Å². The molecule has 0 spiro atoms. The van der Waals surface area contributed by atoms with Crippen LogP contribution in [0, 0.1) is 23.0 Å². The summed E-state index contributed by atoms with van der Waals surface area (Å²) in [5, 5.41) is 13.7. The van der Waals surface area contributed by atoms with Gasteiger partial charge in [0.1, 0.15) is 12.0 Å². The molecule has 0 unspecified atom stereocenters. The fraction of sp³-hybridized carbons (Fsp3) is 0.545. The summed E-state index contributed by atoms with van der Waals surface area (Å²) in [4.78, 5) is 14.1. The van der Waals surface area contributed by atoms with Crippen LogP contribution in [0.5, 0.6) is 0 Å². The van der Waals surface area contributed by atoms with E-state index in [2.05, 4.69) is 24.1 Å². The fourth-order valence-electron chi connectivity index (χ4n) is 1.32. The first-order valence-electron chi connectivity index (χ1n) is 5.35. The first-order valence-corrected chi connectivity index (χ1v) is 5.35. The number of nitrogens with one attached hydrogen (secondary N) is 1. The van der Waals surface area contributed by atoms with Crippen molar-refractivity contribution in [3.05, 3.63) is 27.9 Å². The van der Waals surface area contributed by atoms with Gasteiger partial charge in [-0.05, 0) is 24.8 Å². The Bertz CT molecular complexity index is 377. The van der Waals surface area contributed by atoms with Gasteiger partial charge in [0.05, 0.1) is 4.92 Å². The molecule has 5 nitrogen and oxygen atoms in total. The average Bonchev–Trinajstić information content (AvgIpc) is 2.19. The summed E-state index contributed by atoms with van der Waals surface area (Å²) in [6.45, 7) is 6.95. The topological polar surface area (TPSA) is 68.1 Å². The molecule has 0 atom stereocenters. The van der Waals surface area contributed by atoms with Gasteiger partial charge in [-0.3, -0.25) is 10.1 Å². The van der Waals surface area contributed by atoms with Crippen molar-refractivity contribution in [2.75, 3.05) is 11.9 Å². The van der Waals surface area contributed by atoms with Crippen LogP contribution in [0.2, 0.25) is 0 Å². The number of anilines is 1. The third kappa shape index (κ3) is 3.49. The molecule has 0 aromatic carbocycles. The molecule has 0 bridgehead atoms. The highest BCUT2D eigenvalue weighted by atomic mass is 16.6. The van der Waals surface area contributed by atoms with Crippen LogP contribution in [0.15, 0.2) is 12.3 Å². The Morgan fingerprint density at radius 3 is 2.75 bits per heavy atom. The molecule has 16 heavy (non-hydrogen) atoms. The SMILES string of the molecule is Cc1cc([N+](=O)[O-])cnc1NCCC(C)C. The molecule has 0 aliphatic heterocycles. The van der Waals surface area contributed by atoms with E-state index in [9.17, 15) is 10.1 Å². The largest absolute Gasteiger partial charge is 0.370 e. The zero-order valence-corrected chi connectivity index (χ0v) is 9.86. The van der Waals surface area contributed by atoms with Crippen molar-refractivity contribution < 1.29 is 4.92 Å². The second-order valence-corrected chi connectivity index (χ2v) is 4.23. The van der Waals surface area contributed by atoms with Gasteiger partial charge >= 0.3 is 0 Å².